The van der Waals surface area contributed by atoms with Crippen LogP contribution >= 0.6 is 0 Å². The van der Waals surface area contributed by atoms with Gasteiger partial charge in [-0.25, -0.2) is 8.78 Å². The van der Waals surface area contributed by atoms with Crippen LogP contribution in [0.15, 0.2) is 12.1 Å². The third-order valence-electron chi connectivity index (χ3n) is 4.78. The molecule has 0 aromatic heterocycles. The van der Waals surface area contributed by atoms with Gasteiger partial charge in [0.25, 0.3) is 0 Å². The van der Waals surface area contributed by atoms with Gasteiger partial charge in [0.15, 0.2) is 0 Å². The maximum Gasteiger partial charge on any atom is 0.130 e. The van der Waals surface area contributed by atoms with Crippen molar-refractivity contribution in [3.05, 3.63) is 34.9 Å². The summed E-state index contributed by atoms with van der Waals surface area (Å²) in [5.41, 5.74) is 1.16. The van der Waals surface area contributed by atoms with E-state index < -0.39 is 11.6 Å². The zero-order chi connectivity index (χ0) is 12.9. The van der Waals surface area contributed by atoms with Crippen LogP contribution in [0.1, 0.15) is 36.4 Å². The molecule has 3 rings (SSSR count). The molecule has 3 heteroatoms. The summed E-state index contributed by atoms with van der Waals surface area (Å²) in [6, 6.07) is 2.73. The molecular formula is C15H19F2N. The summed E-state index contributed by atoms with van der Waals surface area (Å²) in [6.07, 6.45) is 3.86. The quantitative estimate of drug-likeness (QED) is 0.865. The molecule has 1 N–H and O–H groups in total. The summed E-state index contributed by atoms with van der Waals surface area (Å²) in [5, 5.41) is 3.23. The van der Waals surface area contributed by atoms with E-state index in [0.717, 1.165) is 17.9 Å². The molecule has 98 valence electrons. The zero-order valence-electron chi connectivity index (χ0n) is 10.8. The fourth-order valence-corrected chi connectivity index (χ4v) is 3.84. The molecule has 0 saturated heterocycles. The Morgan fingerprint density at radius 1 is 1.17 bits per heavy atom. The van der Waals surface area contributed by atoms with Crippen molar-refractivity contribution in [3.8, 4) is 0 Å². The molecule has 3 unspecified atom stereocenters. The number of nitrogens with one attached hydrogen (secondary N) is 1. The van der Waals surface area contributed by atoms with Gasteiger partial charge in [-0.1, -0.05) is 6.42 Å². The van der Waals surface area contributed by atoms with Gasteiger partial charge >= 0.3 is 0 Å². The second-order valence-electron chi connectivity index (χ2n) is 5.73. The fraction of sp³-hybridized carbons (Fsp3) is 0.600. The van der Waals surface area contributed by atoms with Crippen molar-refractivity contribution in [2.75, 3.05) is 7.05 Å². The first-order valence-electron chi connectivity index (χ1n) is 6.76. The van der Waals surface area contributed by atoms with Crippen molar-refractivity contribution in [3.63, 3.8) is 0 Å². The van der Waals surface area contributed by atoms with Crippen molar-refractivity contribution in [1.82, 2.24) is 5.32 Å². The Morgan fingerprint density at radius 2 is 1.83 bits per heavy atom. The molecule has 2 aliphatic rings. The Balaban J connectivity index is 1.90. The first-order chi connectivity index (χ1) is 8.63. The van der Waals surface area contributed by atoms with Crippen LogP contribution in [0.4, 0.5) is 8.78 Å². The van der Waals surface area contributed by atoms with Crippen LogP contribution in [0, 0.1) is 36.3 Å². The van der Waals surface area contributed by atoms with Crippen LogP contribution in [-0.4, -0.2) is 7.05 Å². The lowest BCUT2D eigenvalue weighted by atomic mass is 9.95. The summed E-state index contributed by atoms with van der Waals surface area (Å²) in [4.78, 5) is 0. The second-order valence-corrected chi connectivity index (χ2v) is 5.73. The Morgan fingerprint density at radius 3 is 2.44 bits per heavy atom. The molecule has 0 aliphatic heterocycles. The topological polar surface area (TPSA) is 12.0 Å². The first-order valence-corrected chi connectivity index (χ1v) is 6.76. The van der Waals surface area contributed by atoms with E-state index >= 15 is 0 Å². The molecule has 2 fully saturated rings. The summed E-state index contributed by atoms with van der Waals surface area (Å²) >= 11 is 0. The van der Waals surface area contributed by atoms with E-state index in [1.807, 2.05) is 7.05 Å². The van der Waals surface area contributed by atoms with Gasteiger partial charge in [0.05, 0.1) is 0 Å². The Labute approximate surface area is 107 Å². The Kier molecular flexibility index (Phi) is 2.89. The average molecular weight is 251 g/mol. The van der Waals surface area contributed by atoms with Crippen LogP contribution in [0.25, 0.3) is 0 Å². The van der Waals surface area contributed by atoms with Gasteiger partial charge in [-0.15, -0.1) is 0 Å². The lowest BCUT2D eigenvalue weighted by Gasteiger charge is -2.20. The number of aryl methyl sites for hydroxylation is 1. The minimum atomic E-state index is -0.456. The Hall–Kier alpha value is -0.960. The van der Waals surface area contributed by atoms with E-state index in [1.54, 1.807) is 13.0 Å². The standard InChI is InChI=1S/C15H19F2N/c1-8-6-11(13(17)7-12(8)16)15(18-2)14-9-4-3-5-10(9)14/h6-7,9-10,14-15,18H,3-5H2,1-2H3. The third kappa shape index (κ3) is 1.76. The van der Waals surface area contributed by atoms with Crippen molar-refractivity contribution >= 4 is 0 Å². The van der Waals surface area contributed by atoms with Crippen molar-refractivity contribution < 1.29 is 8.78 Å². The molecule has 1 nitrogen and oxygen atoms in total. The predicted molar refractivity (Wildman–Crippen MR) is 67.2 cm³/mol. The van der Waals surface area contributed by atoms with Crippen LogP contribution in [-0.2, 0) is 0 Å². The number of hydrogen-bond acceptors (Lipinski definition) is 1. The number of rotatable bonds is 3. The summed E-state index contributed by atoms with van der Waals surface area (Å²) in [7, 11) is 1.87. The molecule has 1 aromatic carbocycles. The van der Waals surface area contributed by atoms with Gasteiger partial charge in [-0.2, -0.15) is 0 Å². The number of benzene rings is 1. The van der Waals surface area contributed by atoms with Crippen molar-refractivity contribution in [1.29, 1.82) is 0 Å². The largest absolute Gasteiger partial charge is 0.313 e. The molecule has 3 atom stereocenters. The van der Waals surface area contributed by atoms with Crippen LogP contribution in [0.3, 0.4) is 0 Å². The zero-order valence-corrected chi connectivity index (χ0v) is 10.8. The molecule has 18 heavy (non-hydrogen) atoms. The number of halogens is 2. The molecule has 2 aliphatic carbocycles. The normalized spacial score (nSPS) is 31.2. The van der Waals surface area contributed by atoms with Gasteiger partial charge in [-0.05, 0) is 56.2 Å². The van der Waals surface area contributed by atoms with Crippen molar-refractivity contribution in [2.45, 2.75) is 32.2 Å². The van der Waals surface area contributed by atoms with E-state index in [1.165, 1.54) is 19.3 Å². The van der Waals surface area contributed by atoms with Gasteiger partial charge in [0, 0.05) is 17.7 Å². The van der Waals surface area contributed by atoms with E-state index in [9.17, 15) is 8.78 Å². The summed E-state index contributed by atoms with van der Waals surface area (Å²) in [5.74, 6) is 1.19. The highest BCUT2D eigenvalue weighted by molar-refractivity contribution is 5.30. The van der Waals surface area contributed by atoms with E-state index in [-0.39, 0.29) is 6.04 Å². The highest BCUT2D eigenvalue weighted by Gasteiger charge is 2.56. The first kappa shape index (κ1) is 12.1. The molecule has 0 radical (unpaired) electrons. The molecule has 0 spiro atoms. The monoisotopic (exact) mass is 251 g/mol. The lowest BCUT2D eigenvalue weighted by Crippen LogP contribution is -2.22. The predicted octanol–water partition coefficient (Wildman–Crippen LogP) is 3.58. The van der Waals surface area contributed by atoms with Crippen LogP contribution in [0.5, 0.6) is 0 Å². The fourth-order valence-electron chi connectivity index (χ4n) is 3.84. The minimum Gasteiger partial charge on any atom is -0.313 e. The van der Waals surface area contributed by atoms with Gasteiger partial charge < -0.3 is 5.32 Å². The van der Waals surface area contributed by atoms with Gasteiger partial charge in [-0.3, -0.25) is 0 Å². The molecule has 0 amide bonds. The second kappa shape index (κ2) is 4.30. The van der Waals surface area contributed by atoms with Gasteiger partial charge in [0.1, 0.15) is 11.6 Å². The molecule has 2 saturated carbocycles. The molecule has 0 heterocycles. The van der Waals surface area contributed by atoms with Crippen molar-refractivity contribution in [2.24, 2.45) is 17.8 Å². The maximum atomic E-state index is 14.0. The van der Waals surface area contributed by atoms with E-state index in [2.05, 4.69) is 5.32 Å². The number of fused-ring (bicyclic) bond motifs is 1. The SMILES string of the molecule is CNC(c1cc(C)c(F)cc1F)C1C2CCCC21. The Bertz CT molecular complexity index is 462. The third-order valence-corrected chi connectivity index (χ3v) is 4.78. The molecular weight excluding hydrogens is 232 g/mol. The highest BCUT2D eigenvalue weighted by atomic mass is 19.1. The van der Waals surface area contributed by atoms with Gasteiger partial charge in [0.2, 0.25) is 0 Å². The molecule has 0 bridgehead atoms. The average Bonchev–Trinajstić information content (AvgIpc) is 2.81. The van der Waals surface area contributed by atoms with E-state index in [4.69, 9.17) is 0 Å². The summed E-state index contributed by atoms with van der Waals surface area (Å²) in [6.45, 7) is 1.69. The minimum absolute atomic E-state index is 0.0413. The lowest BCUT2D eigenvalue weighted by molar-refractivity contribution is 0.425. The number of hydrogen-bond donors (Lipinski definition) is 1. The molecule has 1 aromatic rings. The maximum absolute atomic E-state index is 14.0. The highest BCUT2D eigenvalue weighted by Crippen LogP contribution is 2.62. The smallest absolute Gasteiger partial charge is 0.130 e. The van der Waals surface area contributed by atoms with E-state index in [0.29, 0.717) is 17.0 Å². The van der Waals surface area contributed by atoms with Crippen LogP contribution < -0.4 is 5.32 Å². The summed E-state index contributed by atoms with van der Waals surface area (Å²) < 4.78 is 27.3. The van der Waals surface area contributed by atoms with Crippen LogP contribution in [0.2, 0.25) is 0 Å².